The summed E-state index contributed by atoms with van der Waals surface area (Å²) in [6.45, 7) is 2.44. The lowest BCUT2D eigenvalue weighted by Gasteiger charge is -2.42. The van der Waals surface area contributed by atoms with Crippen molar-refractivity contribution >= 4 is 17.1 Å². The molecule has 10 aromatic rings. The molecule has 1 aliphatic heterocycles. The van der Waals surface area contributed by atoms with Gasteiger partial charge in [-0.15, -0.1) is 0 Å². The van der Waals surface area contributed by atoms with E-state index in [0.717, 1.165) is 5.69 Å². The van der Waals surface area contributed by atoms with Crippen LogP contribution in [0.2, 0.25) is 0 Å². The molecule has 1 spiro atoms. The Morgan fingerprint density at radius 1 is 0.281 bits per heavy atom. The Morgan fingerprint density at radius 3 is 1.34 bits per heavy atom. The number of benzene rings is 10. The minimum atomic E-state index is -0.512. The van der Waals surface area contributed by atoms with Crippen molar-refractivity contribution in [2.45, 2.75) is 17.8 Å². The molecule has 0 saturated carbocycles. The number of fused-ring (bicyclic) bond motifs is 17. The summed E-state index contributed by atoms with van der Waals surface area (Å²) in [6, 6.07) is 86.7. The fraction of sp³-hybridized carbons (Fsp3) is 0.0476. The van der Waals surface area contributed by atoms with Crippen molar-refractivity contribution in [2.24, 2.45) is 0 Å². The van der Waals surface area contributed by atoms with Crippen LogP contribution in [0.4, 0.5) is 17.1 Å². The summed E-state index contributed by atoms with van der Waals surface area (Å²) in [4.78, 5) is 2.51. The highest BCUT2D eigenvalue weighted by molar-refractivity contribution is 6.00. The van der Waals surface area contributed by atoms with Gasteiger partial charge in [0.2, 0.25) is 0 Å². The molecule has 298 valence electrons. The Hall–Kier alpha value is -8.00. The lowest BCUT2D eigenvalue weighted by atomic mass is 9.65. The van der Waals surface area contributed by atoms with Gasteiger partial charge in [0.15, 0.2) is 0 Å². The van der Waals surface area contributed by atoms with E-state index in [4.69, 9.17) is 0 Å². The van der Waals surface area contributed by atoms with E-state index in [9.17, 15) is 0 Å². The molecule has 14 rings (SSSR count). The van der Waals surface area contributed by atoms with E-state index in [0.29, 0.717) is 0 Å². The minimum absolute atomic E-state index is 0.298. The highest BCUT2D eigenvalue weighted by atomic mass is 15.2. The largest absolute Gasteiger partial charge is 0.310 e. The van der Waals surface area contributed by atoms with E-state index in [-0.39, 0.29) is 5.41 Å². The van der Waals surface area contributed by atoms with Gasteiger partial charge in [0.25, 0.3) is 0 Å². The molecule has 1 nitrogen and oxygen atoms in total. The monoisotopic (exact) mass is 811 g/mol. The van der Waals surface area contributed by atoms with Gasteiger partial charge < -0.3 is 4.90 Å². The van der Waals surface area contributed by atoms with E-state index in [2.05, 4.69) is 242 Å². The maximum absolute atomic E-state index is 2.51. The van der Waals surface area contributed by atoms with Crippen LogP contribution in [0.15, 0.2) is 231 Å². The fourth-order valence-electron chi connectivity index (χ4n) is 12.4. The first-order chi connectivity index (χ1) is 31.6. The second-order valence-corrected chi connectivity index (χ2v) is 18.0. The van der Waals surface area contributed by atoms with Gasteiger partial charge in [-0.3, -0.25) is 0 Å². The molecule has 1 heterocycles. The number of nitrogens with zero attached hydrogens (tertiary/aromatic N) is 1. The molecule has 0 saturated heterocycles. The van der Waals surface area contributed by atoms with Crippen LogP contribution in [0.3, 0.4) is 0 Å². The molecule has 0 radical (unpaired) electrons. The molecule has 0 N–H and O–H groups in total. The highest BCUT2D eigenvalue weighted by Gasteiger charge is 2.50. The molecule has 0 fully saturated rings. The number of rotatable bonds is 3. The van der Waals surface area contributed by atoms with Crippen LogP contribution < -0.4 is 4.90 Å². The third kappa shape index (κ3) is 4.53. The summed E-state index contributed by atoms with van der Waals surface area (Å²) in [5, 5.41) is 0. The summed E-state index contributed by atoms with van der Waals surface area (Å²) in [5.74, 6) is 0. The van der Waals surface area contributed by atoms with Gasteiger partial charge in [0, 0.05) is 11.1 Å². The molecular formula is C63H41N. The van der Waals surface area contributed by atoms with E-state index in [1.54, 1.807) is 0 Å². The van der Waals surface area contributed by atoms with Crippen molar-refractivity contribution in [3.63, 3.8) is 0 Å². The Labute approximate surface area is 374 Å². The topological polar surface area (TPSA) is 3.24 Å². The standard InChI is InChI=1S/C63H41N/c1-62-53-25-11-7-23-50(53)52-24-15-29-60(61(52)62)64(59-37-33-43(39-58(59)62)40-16-3-2-4-17-40)44-34-30-41(31-35-44)42-32-36-51-49-22-10-14-28-56(49)63(57(51)38-42)54-26-12-8-20-47(54)45-18-5-6-19-46(45)48-21-9-13-27-55(48)63/h2-39H,1H3. The molecule has 10 aromatic carbocycles. The second kappa shape index (κ2) is 13.0. The Balaban J connectivity index is 0.949. The molecule has 1 heteroatoms. The highest BCUT2D eigenvalue weighted by Crippen LogP contribution is 2.64. The van der Waals surface area contributed by atoms with Crippen molar-refractivity contribution in [3.8, 4) is 66.8 Å². The zero-order chi connectivity index (χ0) is 42.1. The third-order valence-corrected chi connectivity index (χ3v) is 15.1. The van der Waals surface area contributed by atoms with Crippen LogP contribution in [-0.4, -0.2) is 0 Å². The van der Waals surface area contributed by atoms with Crippen molar-refractivity contribution in [1.82, 2.24) is 0 Å². The van der Waals surface area contributed by atoms with Gasteiger partial charge in [-0.2, -0.15) is 0 Å². The van der Waals surface area contributed by atoms with Crippen LogP contribution in [0.25, 0.3) is 66.8 Å². The lowest BCUT2D eigenvalue weighted by molar-refractivity contribution is 0.702. The molecular weight excluding hydrogens is 771 g/mol. The summed E-state index contributed by atoms with van der Waals surface area (Å²) < 4.78 is 0. The van der Waals surface area contributed by atoms with Gasteiger partial charge in [-0.05, 0) is 149 Å². The van der Waals surface area contributed by atoms with Crippen molar-refractivity contribution < 1.29 is 0 Å². The van der Waals surface area contributed by atoms with Crippen molar-refractivity contribution in [2.75, 3.05) is 4.90 Å². The minimum Gasteiger partial charge on any atom is -0.310 e. The first kappa shape index (κ1) is 35.6. The molecule has 0 aromatic heterocycles. The maximum atomic E-state index is 2.51. The predicted molar refractivity (Wildman–Crippen MR) is 265 cm³/mol. The quantitative estimate of drug-likeness (QED) is 0.172. The second-order valence-electron chi connectivity index (χ2n) is 18.0. The molecule has 0 bridgehead atoms. The lowest BCUT2D eigenvalue weighted by Crippen LogP contribution is -2.32. The zero-order valence-electron chi connectivity index (χ0n) is 35.4. The molecule has 1 atom stereocenters. The number of hydrogen-bond acceptors (Lipinski definition) is 1. The smallest absolute Gasteiger partial charge is 0.0725 e. The van der Waals surface area contributed by atoms with E-state index in [1.165, 1.54) is 117 Å². The molecule has 0 amide bonds. The van der Waals surface area contributed by atoms with Gasteiger partial charge in [-0.1, -0.05) is 194 Å². The van der Waals surface area contributed by atoms with Crippen LogP contribution in [0.1, 0.15) is 45.9 Å². The Bertz CT molecular complexity index is 3510. The van der Waals surface area contributed by atoms with Gasteiger partial charge >= 0.3 is 0 Å². The first-order valence-corrected chi connectivity index (χ1v) is 22.5. The molecule has 3 aliphatic carbocycles. The van der Waals surface area contributed by atoms with Crippen molar-refractivity contribution in [1.29, 1.82) is 0 Å². The van der Waals surface area contributed by atoms with Gasteiger partial charge in [0.05, 0.1) is 16.8 Å². The normalized spacial score (nSPS) is 16.0. The molecule has 64 heavy (non-hydrogen) atoms. The van der Waals surface area contributed by atoms with Gasteiger partial charge in [0.1, 0.15) is 0 Å². The zero-order valence-corrected chi connectivity index (χ0v) is 35.4. The summed E-state index contributed by atoms with van der Waals surface area (Å²) >= 11 is 0. The predicted octanol–water partition coefficient (Wildman–Crippen LogP) is 16.1. The molecule has 1 unspecified atom stereocenters. The maximum Gasteiger partial charge on any atom is 0.0725 e. The summed E-state index contributed by atoms with van der Waals surface area (Å²) in [5.41, 5.74) is 27.5. The fourth-order valence-corrected chi connectivity index (χ4v) is 12.4. The van der Waals surface area contributed by atoms with Crippen molar-refractivity contribution in [3.05, 3.63) is 269 Å². The summed E-state index contributed by atoms with van der Waals surface area (Å²) in [6.07, 6.45) is 0. The van der Waals surface area contributed by atoms with E-state index in [1.807, 2.05) is 0 Å². The van der Waals surface area contributed by atoms with Crippen LogP contribution >= 0.6 is 0 Å². The van der Waals surface area contributed by atoms with E-state index >= 15 is 0 Å². The number of hydrogen-bond donors (Lipinski definition) is 0. The third-order valence-electron chi connectivity index (χ3n) is 15.1. The van der Waals surface area contributed by atoms with Gasteiger partial charge in [-0.25, -0.2) is 0 Å². The number of anilines is 3. The average molecular weight is 812 g/mol. The van der Waals surface area contributed by atoms with E-state index < -0.39 is 5.41 Å². The van der Waals surface area contributed by atoms with Crippen LogP contribution in [0, 0.1) is 0 Å². The van der Waals surface area contributed by atoms with Crippen LogP contribution in [-0.2, 0) is 10.8 Å². The SMILES string of the molecule is CC12c3ccccc3-c3cccc(c31)N(c1ccc(-c3ccc4c(c3)C3(c5ccccc5-c5ccccc5-c5ccccc53)c3ccccc3-4)cc1)c1ccc(-c3ccccc3)cc12. The first-order valence-electron chi connectivity index (χ1n) is 22.5. The Morgan fingerprint density at radius 2 is 0.719 bits per heavy atom. The Kier molecular flexibility index (Phi) is 7.24. The van der Waals surface area contributed by atoms with Crippen LogP contribution in [0.5, 0.6) is 0 Å². The average Bonchev–Trinajstić information content (AvgIpc) is 3.77. The summed E-state index contributed by atoms with van der Waals surface area (Å²) in [7, 11) is 0. The molecule has 4 aliphatic rings.